The summed E-state index contributed by atoms with van der Waals surface area (Å²) < 4.78 is 0. The average molecular weight is 242 g/mol. The number of urea groups is 1. The summed E-state index contributed by atoms with van der Waals surface area (Å²) in [6, 6.07) is -0.290. The largest absolute Gasteiger partial charge is 0.480 e. The fourth-order valence-electron chi connectivity index (χ4n) is 1.21. The summed E-state index contributed by atoms with van der Waals surface area (Å²) in [6.45, 7) is 7.21. The number of nitrogens with zero attached hydrogens (tertiary/aromatic N) is 2. The lowest BCUT2D eigenvalue weighted by Crippen LogP contribution is -2.54. The second kappa shape index (κ2) is 6.27. The summed E-state index contributed by atoms with van der Waals surface area (Å²) in [5.41, 5.74) is -1.20. The molecular formula is C12H22N2O3. The highest BCUT2D eigenvalue weighted by molar-refractivity contribution is 5.85. The van der Waals surface area contributed by atoms with Crippen molar-refractivity contribution in [3.8, 4) is 0 Å². The van der Waals surface area contributed by atoms with Gasteiger partial charge in [0, 0.05) is 20.6 Å². The Labute approximate surface area is 103 Å². The second-order valence-corrected chi connectivity index (χ2v) is 4.56. The maximum absolute atomic E-state index is 12.0. The molecule has 0 aromatic rings. The predicted octanol–water partition coefficient (Wildman–Crippen LogP) is 1.80. The van der Waals surface area contributed by atoms with Gasteiger partial charge in [-0.25, -0.2) is 9.59 Å². The first-order valence-corrected chi connectivity index (χ1v) is 5.58. The summed E-state index contributed by atoms with van der Waals surface area (Å²) in [5, 5.41) is 9.03. The Hall–Kier alpha value is -1.52. The van der Waals surface area contributed by atoms with Crippen LogP contribution >= 0.6 is 0 Å². The molecule has 0 rings (SSSR count). The zero-order chi connectivity index (χ0) is 13.6. The van der Waals surface area contributed by atoms with E-state index in [1.807, 2.05) is 0 Å². The Morgan fingerprint density at radius 3 is 2.29 bits per heavy atom. The third kappa shape index (κ3) is 4.09. The molecule has 0 saturated heterocycles. The molecular weight excluding hydrogens is 220 g/mol. The lowest BCUT2D eigenvalue weighted by atomic mass is 10.0. The van der Waals surface area contributed by atoms with Crippen LogP contribution in [0.2, 0.25) is 0 Å². The highest BCUT2D eigenvalue weighted by Crippen LogP contribution is 2.14. The van der Waals surface area contributed by atoms with Gasteiger partial charge in [0.25, 0.3) is 0 Å². The van der Waals surface area contributed by atoms with Crippen molar-refractivity contribution in [3.05, 3.63) is 12.7 Å². The molecule has 0 bridgehead atoms. The second-order valence-electron chi connectivity index (χ2n) is 4.56. The number of carbonyl (C=O) groups is 2. The number of rotatable bonds is 6. The van der Waals surface area contributed by atoms with Crippen molar-refractivity contribution in [1.82, 2.24) is 9.80 Å². The summed E-state index contributed by atoms with van der Waals surface area (Å²) in [5.74, 6) is -1.02. The van der Waals surface area contributed by atoms with Crippen molar-refractivity contribution in [2.45, 2.75) is 32.2 Å². The molecule has 2 amide bonds. The van der Waals surface area contributed by atoms with E-state index in [0.717, 1.165) is 12.8 Å². The smallest absolute Gasteiger partial charge is 0.329 e. The Bertz CT molecular complexity index is 300. The molecule has 0 spiro atoms. The Balaban J connectivity index is 4.48. The van der Waals surface area contributed by atoms with Gasteiger partial charge in [0.05, 0.1) is 0 Å². The van der Waals surface area contributed by atoms with Crippen LogP contribution in [0.4, 0.5) is 4.79 Å². The third-order valence-corrected chi connectivity index (χ3v) is 2.88. The van der Waals surface area contributed by atoms with Crippen LogP contribution in [0, 0.1) is 0 Å². The van der Waals surface area contributed by atoms with Gasteiger partial charge in [0.1, 0.15) is 5.54 Å². The number of carbonyl (C=O) groups excluding carboxylic acids is 1. The SMILES string of the molecule is C=CCCCN(C)C(=O)N(C)C(C)(C)C(=O)O. The molecule has 0 unspecified atom stereocenters. The number of likely N-dealkylation sites (N-methyl/N-ethyl adjacent to an activating group) is 1. The van der Waals surface area contributed by atoms with Gasteiger partial charge in [-0.15, -0.1) is 6.58 Å². The Morgan fingerprint density at radius 1 is 1.35 bits per heavy atom. The van der Waals surface area contributed by atoms with E-state index in [0.29, 0.717) is 6.54 Å². The Morgan fingerprint density at radius 2 is 1.88 bits per heavy atom. The molecule has 0 atom stereocenters. The van der Waals surface area contributed by atoms with Gasteiger partial charge in [0.2, 0.25) is 0 Å². The average Bonchev–Trinajstić information content (AvgIpc) is 2.26. The van der Waals surface area contributed by atoms with Crippen molar-refractivity contribution in [2.24, 2.45) is 0 Å². The first kappa shape index (κ1) is 15.5. The zero-order valence-corrected chi connectivity index (χ0v) is 11.1. The van der Waals surface area contributed by atoms with Crippen LogP contribution in [0.5, 0.6) is 0 Å². The van der Waals surface area contributed by atoms with E-state index in [4.69, 9.17) is 5.11 Å². The standard InChI is InChI=1S/C12H22N2O3/c1-6-7-8-9-13(4)11(17)14(5)12(2,3)10(15)16/h6H,1,7-9H2,2-5H3,(H,15,16). The number of unbranched alkanes of at least 4 members (excludes halogenated alkanes) is 1. The van der Waals surface area contributed by atoms with Gasteiger partial charge in [-0.2, -0.15) is 0 Å². The molecule has 5 heteroatoms. The molecule has 1 N–H and O–H groups in total. The van der Waals surface area contributed by atoms with Crippen molar-refractivity contribution in [2.75, 3.05) is 20.6 Å². The van der Waals surface area contributed by atoms with E-state index in [1.54, 1.807) is 13.1 Å². The molecule has 98 valence electrons. The number of hydrogen-bond acceptors (Lipinski definition) is 2. The molecule has 0 radical (unpaired) electrons. The molecule has 0 aromatic heterocycles. The van der Waals surface area contributed by atoms with E-state index in [9.17, 15) is 9.59 Å². The normalized spacial score (nSPS) is 10.8. The molecule has 0 fully saturated rings. The van der Waals surface area contributed by atoms with Crippen molar-refractivity contribution in [1.29, 1.82) is 0 Å². The zero-order valence-electron chi connectivity index (χ0n) is 11.1. The van der Waals surface area contributed by atoms with Gasteiger partial charge < -0.3 is 14.9 Å². The van der Waals surface area contributed by atoms with Gasteiger partial charge in [-0.1, -0.05) is 6.08 Å². The summed E-state index contributed by atoms with van der Waals surface area (Å²) in [7, 11) is 3.17. The maximum atomic E-state index is 12.0. The topological polar surface area (TPSA) is 60.9 Å². The lowest BCUT2D eigenvalue weighted by Gasteiger charge is -2.34. The van der Waals surface area contributed by atoms with Gasteiger partial charge in [-0.05, 0) is 26.7 Å². The van der Waals surface area contributed by atoms with Crippen LogP contribution in [0.3, 0.4) is 0 Å². The van der Waals surface area contributed by atoms with Crippen LogP contribution in [-0.2, 0) is 4.79 Å². The lowest BCUT2D eigenvalue weighted by molar-refractivity contribution is -0.147. The first-order chi connectivity index (χ1) is 7.75. The van der Waals surface area contributed by atoms with E-state index < -0.39 is 11.5 Å². The number of allylic oxidation sites excluding steroid dienone is 1. The molecule has 0 aliphatic rings. The minimum atomic E-state index is -1.20. The third-order valence-electron chi connectivity index (χ3n) is 2.88. The van der Waals surface area contributed by atoms with Crippen LogP contribution in [0.1, 0.15) is 26.7 Å². The van der Waals surface area contributed by atoms with Crippen molar-refractivity contribution in [3.63, 3.8) is 0 Å². The minimum absolute atomic E-state index is 0.290. The van der Waals surface area contributed by atoms with Crippen LogP contribution in [-0.4, -0.2) is 53.1 Å². The molecule has 5 nitrogen and oxygen atoms in total. The highest BCUT2D eigenvalue weighted by Gasteiger charge is 2.36. The molecule has 0 aliphatic carbocycles. The number of aliphatic carboxylic acids is 1. The molecule has 0 heterocycles. The Kier molecular flexibility index (Phi) is 5.71. The first-order valence-electron chi connectivity index (χ1n) is 5.58. The quantitative estimate of drug-likeness (QED) is 0.570. The fraction of sp³-hybridized carbons (Fsp3) is 0.667. The monoisotopic (exact) mass is 242 g/mol. The molecule has 0 aromatic carbocycles. The highest BCUT2D eigenvalue weighted by atomic mass is 16.4. The van der Waals surface area contributed by atoms with E-state index >= 15 is 0 Å². The van der Waals surface area contributed by atoms with Gasteiger partial charge in [-0.3, -0.25) is 0 Å². The summed E-state index contributed by atoms with van der Waals surface area (Å²) >= 11 is 0. The number of carboxylic acid groups (broad SMARTS) is 1. The van der Waals surface area contributed by atoms with E-state index in [-0.39, 0.29) is 6.03 Å². The summed E-state index contributed by atoms with van der Waals surface area (Å²) in [4.78, 5) is 25.7. The number of carboxylic acids is 1. The van der Waals surface area contributed by atoms with E-state index in [2.05, 4.69) is 6.58 Å². The van der Waals surface area contributed by atoms with Crippen LogP contribution in [0.25, 0.3) is 0 Å². The minimum Gasteiger partial charge on any atom is -0.480 e. The maximum Gasteiger partial charge on any atom is 0.329 e. The number of amides is 2. The predicted molar refractivity (Wildman–Crippen MR) is 66.9 cm³/mol. The van der Waals surface area contributed by atoms with Gasteiger partial charge >= 0.3 is 12.0 Å². The number of hydrogen-bond donors (Lipinski definition) is 1. The van der Waals surface area contributed by atoms with Gasteiger partial charge in [0.15, 0.2) is 0 Å². The van der Waals surface area contributed by atoms with Crippen molar-refractivity contribution >= 4 is 12.0 Å². The molecule has 0 saturated carbocycles. The van der Waals surface area contributed by atoms with Crippen LogP contribution in [0.15, 0.2) is 12.7 Å². The van der Waals surface area contributed by atoms with Crippen LogP contribution < -0.4 is 0 Å². The fourth-order valence-corrected chi connectivity index (χ4v) is 1.21. The molecule has 0 aliphatic heterocycles. The summed E-state index contributed by atoms with van der Waals surface area (Å²) in [6.07, 6.45) is 3.46. The van der Waals surface area contributed by atoms with Crippen molar-refractivity contribution < 1.29 is 14.7 Å². The molecule has 17 heavy (non-hydrogen) atoms. The van der Waals surface area contributed by atoms with E-state index in [1.165, 1.54) is 30.7 Å².